The molecule has 0 aliphatic rings. The second-order valence-electron chi connectivity index (χ2n) is 5.08. The Kier molecular flexibility index (Phi) is 6.17. The molecule has 0 aliphatic carbocycles. The predicted octanol–water partition coefficient (Wildman–Crippen LogP) is 3.40. The first kappa shape index (κ1) is 18.8. The van der Waals surface area contributed by atoms with Crippen LogP contribution in [0.15, 0.2) is 42.0 Å². The van der Waals surface area contributed by atoms with Crippen LogP contribution in [-0.4, -0.2) is 27.2 Å². The Morgan fingerprint density at radius 3 is 2.15 bits per heavy atom. The number of hydrogen-bond donors (Lipinski definition) is 1. The molecule has 0 atom stereocenters. The van der Waals surface area contributed by atoms with Crippen molar-refractivity contribution in [2.75, 3.05) is 26.6 Å². The maximum atomic E-state index is 12.9. The van der Waals surface area contributed by atoms with E-state index in [0.29, 0.717) is 28.5 Å². The number of amides is 1. The van der Waals surface area contributed by atoms with Gasteiger partial charge in [0.2, 0.25) is 0 Å². The van der Waals surface area contributed by atoms with Crippen molar-refractivity contribution in [3.05, 3.63) is 53.4 Å². The van der Waals surface area contributed by atoms with Crippen molar-refractivity contribution in [1.29, 1.82) is 5.26 Å². The summed E-state index contributed by atoms with van der Waals surface area (Å²) in [6, 6.07) is 10.3. The molecule has 0 radical (unpaired) electrons. The van der Waals surface area contributed by atoms with Gasteiger partial charge >= 0.3 is 0 Å². The summed E-state index contributed by atoms with van der Waals surface area (Å²) in [6.45, 7) is 0. The van der Waals surface area contributed by atoms with Gasteiger partial charge in [-0.25, -0.2) is 4.39 Å². The minimum Gasteiger partial charge on any atom is -0.496 e. The molecule has 2 rings (SSSR count). The van der Waals surface area contributed by atoms with E-state index in [9.17, 15) is 14.4 Å². The number of ether oxygens (including phenoxy) is 3. The van der Waals surface area contributed by atoms with E-state index in [2.05, 4.69) is 5.32 Å². The molecule has 0 fully saturated rings. The number of nitrogens with one attached hydrogen (secondary N) is 1. The van der Waals surface area contributed by atoms with Gasteiger partial charge in [-0.15, -0.1) is 0 Å². The van der Waals surface area contributed by atoms with E-state index in [1.54, 1.807) is 12.1 Å². The Morgan fingerprint density at radius 2 is 1.62 bits per heavy atom. The SMILES string of the molecule is COc1cc(OC)c(OC)cc1/C=C(\C#N)C(=O)Nc1ccc(F)cc1. The molecule has 0 saturated carbocycles. The highest BCUT2D eigenvalue weighted by Gasteiger charge is 2.14. The lowest BCUT2D eigenvalue weighted by Gasteiger charge is -2.12. The van der Waals surface area contributed by atoms with Crippen LogP contribution in [0.1, 0.15) is 5.56 Å². The summed E-state index contributed by atoms with van der Waals surface area (Å²) in [5.74, 6) is 0.238. The lowest BCUT2D eigenvalue weighted by Crippen LogP contribution is -2.13. The summed E-state index contributed by atoms with van der Waals surface area (Å²) >= 11 is 0. The average molecular weight is 356 g/mol. The number of anilines is 1. The van der Waals surface area contributed by atoms with E-state index < -0.39 is 11.7 Å². The zero-order chi connectivity index (χ0) is 19.1. The second kappa shape index (κ2) is 8.53. The minimum absolute atomic E-state index is 0.153. The molecule has 2 aromatic rings. The fourth-order valence-corrected chi connectivity index (χ4v) is 2.20. The molecule has 0 spiro atoms. The first-order valence-electron chi connectivity index (χ1n) is 7.51. The van der Waals surface area contributed by atoms with Crippen molar-refractivity contribution in [2.45, 2.75) is 0 Å². The third kappa shape index (κ3) is 4.30. The number of rotatable bonds is 6. The first-order chi connectivity index (χ1) is 12.5. The molecule has 0 heterocycles. The number of methoxy groups -OCH3 is 3. The monoisotopic (exact) mass is 356 g/mol. The lowest BCUT2D eigenvalue weighted by atomic mass is 10.1. The van der Waals surface area contributed by atoms with E-state index in [0.717, 1.165) is 0 Å². The number of benzene rings is 2. The van der Waals surface area contributed by atoms with Gasteiger partial charge < -0.3 is 19.5 Å². The molecule has 0 unspecified atom stereocenters. The Labute approximate surface area is 150 Å². The van der Waals surface area contributed by atoms with Gasteiger partial charge in [-0.2, -0.15) is 5.26 Å². The van der Waals surface area contributed by atoms with Crippen LogP contribution in [0.2, 0.25) is 0 Å². The first-order valence-corrected chi connectivity index (χ1v) is 7.51. The zero-order valence-corrected chi connectivity index (χ0v) is 14.5. The molecule has 7 heteroatoms. The molecule has 134 valence electrons. The van der Waals surface area contributed by atoms with E-state index in [-0.39, 0.29) is 5.57 Å². The lowest BCUT2D eigenvalue weighted by molar-refractivity contribution is -0.112. The molecule has 0 saturated heterocycles. The van der Waals surface area contributed by atoms with Gasteiger partial charge in [-0.3, -0.25) is 4.79 Å². The highest BCUT2D eigenvalue weighted by molar-refractivity contribution is 6.09. The topological polar surface area (TPSA) is 80.6 Å². The van der Waals surface area contributed by atoms with Gasteiger partial charge in [0, 0.05) is 17.3 Å². The van der Waals surface area contributed by atoms with Crippen molar-refractivity contribution in [1.82, 2.24) is 0 Å². The summed E-state index contributed by atoms with van der Waals surface area (Å²) in [7, 11) is 4.43. The Morgan fingerprint density at radius 1 is 1.04 bits per heavy atom. The standard InChI is InChI=1S/C19H17FN2O4/c1-24-16-10-18(26-3)17(25-2)9-12(16)8-13(11-21)19(23)22-15-6-4-14(20)5-7-15/h4-10H,1-3H3,(H,22,23)/b13-8+. The van der Waals surface area contributed by atoms with E-state index >= 15 is 0 Å². The predicted molar refractivity (Wildman–Crippen MR) is 94.7 cm³/mol. The smallest absolute Gasteiger partial charge is 0.266 e. The summed E-state index contributed by atoms with van der Waals surface area (Å²) < 4.78 is 28.7. The molecular weight excluding hydrogens is 339 g/mol. The maximum absolute atomic E-state index is 12.9. The van der Waals surface area contributed by atoms with Gasteiger partial charge in [0.05, 0.1) is 21.3 Å². The van der Waals surface area contributed by atoms with Crippen molar-refractivity contribution < 1.29 is 23.4 Å². The maximum Gasteiger partial charge on any atom is 0.266 e. The fraction of sp³-hybridized carbons (Fsp3) is 0.158. The highest BCUT2D eigenvalue weighted by atomic mass is 19.1. The van der Waals surface area contributed by atoms with Crippen LogP contribution in [0.5, 0.6) is 17.2 Å². The quantitative estimate of drug-likeness (QED) is 0.634. The summed E-state index contributed by atoms with van der Waals surface area (Å²) in [5.41, 5.74) is 0.688. The van der Waals surface area contributed by atoms with Crippen molar-refractivity contribution >= 4 is 17.7 Å². The number of halogens is 1. The summed E-state index contributed by atoms with van der Waals surface area (Å²) in [4.78, 5) is 12.3. The molecule has 1 amide bonds. The van der Waals surface area contributed by atoms with Gasteiger partial charge in [-0.1, -0.05) is 0 Å². The van der Waals surface area contributed by atoms with E-state index in [1.807, 2.05) is 6.07 Å². The van der Waals surface area contributed by atoms with Gasteiger partial charge in [0.25, 0.3) is 5.91 Å². The van der Waals surface area contributed by atoms with Crippen LogP contribution in [-0.2, 0) is 4.79 Å². The minimum atomic E-state index is -0.629. The van der Waals surface area contributed by atoms with Crippen molar-refractivity contribution in [3.8, 4) is 23.3 Å². The highest BCUT2D eigenvalue weighted by Crippen LogP contribution is 2.35. The normalized spacial score (nSPS) is 10.7. The van der Waals surface area contributed by atoms with Crippen LogP contribution in [0, 0.1) is 17.1 Å². The third-order valence-corrected chi connectivity index (χ3v) is 3.50. The largest absolute Gasteiger partial charge is 0.496 e. The van der Waals surface area contributed by atoms with Crippen LogP contribution in [0.3, 0.4) is 0 Å². The third-order valence-electron chi connectivity index (χ3n) is 3.50. The molecule has 0 aromatic heterocycles. The Balaban J connectivity index is 2.36. The molecule has 0 bridgehead atoms. The molecule has 6 nitrogen and oxygen atoms in total. The van der Waals surface area contributed by atoms with Gasteiger partial charge in [0.15, 0.2) is 11.5 Å². The number of carbonyl (C=O) groups is 1. The van der Waals surface area contributed by atoms with Gasteiger partial charge in [-0.05, 0) is 36.4 Å². The zero-order valence-electron chi connectivity index (χ0n) is 14.5. The van der Waals surface area contributed by atoms with Crippen LogP contribution in [0.4, 0.5) is 10.1 Å². The second-order valence-corrected chi connectivity index (χ2v) is 5.08. The number of hydrogen-bond acceptors (Lipinski definition) is 5. The molecule has 26 heavy (non-hydrogen) atoms. The molecular formula is C19H17FN2O4. The average Bonchev–Trinajstić information content (AvgIpc) is 2.66. The Hall–Kier alpha value is -3.53. The molecule has 2 aromatic carbocycles. The molecule has 0 aliphatic heterocycles. The molecule has 1 N–H and O–H groups in total. The van der Waals surface area contributed by atoms with Crippen molar-refractivity contribution in [3.63, 3.8) is 0 Å². The van der Waals surface area contributed by atoms with E-state index in [4.69, 9.17) is 14.2 Å². The van der Waals surface area contributed by atoms with E-state index in [1.165, 1.54) is 51.7 Å². The Bertz CT molecular complexity index is 870. The summed E-state index contributed by atoms with van der Waals surface area (Å²) in [5, 5.41) is 11.9. The number of nitrogens with zero attached hydrogens (tertiary/aromatic N) is 1. The number of nitriles is 1. The number of carbonyl (C=O) groups excluding carboxylic acids is 1. The summed E-state index contributed by atoms with van der Waals surface area (Å²) in [6.07, 6.45) is 1.37. The van der Waals surface area contributed by atoms with Crippen LogP contribution >= 0.6 is 0 Å². The van der Waals surface area contributed by atoms with Gasteiger partial charge in [0.1, 0.15) is 23.2 Å². The van der Waals surface area contributed by atoms with Crippen LogP contribution in [0.25, 0.3) is 6.08 Å². The van der Waals surface area contributed by atoms with Crippen LogP contribution < -0.4 is 19.5 Å². The fourth-order valence-electron chi connectivity index (χ4n) is 2.20. The van der Waals surface area contributed by atoms with Crippen molar-refractivity contribution in [2.24, 2.45) is 0 Å².